The predicted octanol–water partition coefficient (Wildman–Crippen LogP) is 4.86. The van der Waals surface area contributed by atoms with Gasteiger partial charge in [0, 0.05) is 119 Å². The van der Waals surface area contributed by atoms with Gasteiger partial charge in [-0.15, -0.1) is 0 Å². The zero-order valence-electron chi connectivity index (χ0n) is 51.5. The van der Waals surface area contributed by atoms with Gasteiger partial charge in [-0.3, -0.25) is 48.7 Å². The summed E-state index contributed by atoms with van der Waals surface area (Å²) < 4.78 is 66.2. The Morgan fingerprint density at radius 2 is 1.65 bits per heavy atom. The Kier molecular flexibility index (Phi) is 16.8. The van der Waals surface area contributed by atoms with E-state index in [0.717, 1.165) is 50.4 Å². The van der Waals surface area contributed by atoms with Gasteiger partial charge in [-0.2, -0.15) is 13.2 Å². The monoisotopic (exact) mass is 1200 g/mol. The summed E-state index contributed by atoms with van der Waals surface area (Å²) in [5.41, 5.74) is 6.29. The lowest BCUT2D eigenvalue weighted by Crippen LogP contribution is -2.73. The molecule has 86 heavy (non-hydrogen) atoms. The van der Waals surface area contributed by atoms with Crippen molar-refractivity contribution < 1.29 is 51.4 Å². The molecule has 2 N–H and O–H groups in total. The number of likely N-dealkylation sites (tertiary alicyclic amines) is 1. The topological polar surface area (TPSA) is 181 Å². The molecule has 470 valence electrons. The third-order valence-electron chi connectivity index (χ3n) is 19.5. The number of amides is 4. The minimum absolute atomic E-state index is 0.0129. The van der Waals surface area contributed by atoms with Crippen LogP contribution in [0.4, 0.5) is 24.5 Å². The Morgan fingerprint density at radius 3 is 2.34 bits per heavy atom. The van der Waals surface area contributed by atoms with E-state index in [2.05, 4.69) is 30.3 Å². The highest BCUT2D eigenvalue weighted by molar-refractivity contribution is 5.95. The second-order valence-electron chi connectivity index (χ2n) is 27.9. The fourth-order valence-corrected chi connectivity index (χ4v) is 14.8. The molecule has 2 aromatic heterocycles. The van der Waals surface area contributed by atoms with Crippen molar-refractivity contribution in [1.82, 2.24) is 49.8 Å². The zero-order valence-corrected chi connectivity index (χ0v) is 51.5. The number of anilines is 2. The second kappa shape index (κ2) is 23.7. The highest BCUT2D eigenvalue weighted by Gasteiger charge is 2.63. The van der Waals surface area contributed by atoms with Crippen molar-refractivity contribution in [2.75, 3.05) is 122 Å². The number of piperazine rings is 1. The number of hydrazine groups is 1. The lowest BCUT2D eigenvalue weighted by molar-refractivity contribution is -0.197. The average molecular weight is 1200 g/mol. The van der Waals surface area contributed by atoms with Gasteiger partial charge in [0.05, 0.1) is 74.9 Å². The summed E-state index contributed by atoms with van der Waals surface area (Å²) in [5.74, 6) is -1.22. The Labute approximate surface area is 503 Å². The summed E-state index contributed by atoms with van der Waals surface area (Å²) in [5, 5.41) is 5.29. The number of rotatable bonds is 13. The van der Waals surface area contributed by atoms with E-state index < -0.39 is 59.8 Å². The third kappa shape index (κ3) is 12.7. The van der Waals surface area contributed by atoms with Crippen LogP contribution in [0.2, 0.25) is 0 Å². The molecule has 3 aromatic rings. The molecular weight excluding hydrogens is 1110 g/mol. The number of likely N-dealkylation sites (N-methyl/N-ethyl adjacent to an activating group) is 1. The van der Waals surface area contributed by atoms with Gasteiger partial charge >= 0.3 is 12.1 Å². The van der Waals surface area contributed by atoms with E-state index in [1.165, 1.54) is 22.4 Å². The maximum absolute atomic E-state index is 15.2. The summed E-state index contributed by atoms with van der Waals surface area (Å²) >= 11 is 0. The SMILES string of the molecule is CC(C)c1ncc(N2CCN(C3CC3)CC2)cc1-c1c2c3cc(ccc3n1CC(F)(F)F)N1CCO[C@@H](C[C@H](NC(=O)[C@H](C(C)C)N3CCOC4(CN(C(=O)[C@H]5[C@@H](C6CC6)N5CC(=O)N(C)C)C4)C3)C(=O)N3CCC[C@H](N3)C(=O)OCC(C)(C)C2)C1. The van der Waals surface area contributed by atoms with Crippen LogP contribution < -0.4 is 20.5 Å². The first-order chi connectivity index (χ1) is 40.9. The first kappa shape index (κ1) is 60.7. The molecule has 2 aliphatic carbocycles. The number of nitrogens with one attached hydrogen (secondary N) is 2. The average Bonchev–Trinajstić information content (AvgIpc) is 3.09. The van der Waals surface area contributed by atoms with Gasteiger partial charge in [-0.25, -0.2) is 5.43 Å². The molecule has 6 saturated heterocycles. The quantitative estimate of drug-likeness (QED) is 0.175. The van der Waals surface area contributed by atoms with Crippen molar-refractivity contribution >= 4 is 51.9 Å². The van der Waals surface area contributed by atoms with Crippen LogP contribution >= 0.6 is 0 Å². The van der Waals surface area contributed by atoms with Crippen LogP contribution in [0.15, 0.2) is 30.5 Å². The van der Waals surface area contributed by atoms with Gasteiger partial charge in [-0.1, -0.05) is 41.5 Å². The summed E-state index contributed by atoms with van der Waals surface area (Å²) in [4.78, 5) is 90.7. The first-order valence-electron chi connectivity index (χ1n) is 31.7. The Balaban J connectivity index is 0.832. The van der Waals surface area contributed by atoms with Gasteiger partial charge in [0.25, 0.3) is 5.91 Å². The number of hydrogen-bond donors (Lipinski definition) is 2. The number of aromatic nitrogens is 2. The molecule has 20 nitrogen and oxygen atoms in total. The summed E-state index contributed by atoms with van der Waals surface area (Å²) in [6, 6.07) is 5.45. The molecular formula is C63H89F3N12O8. The van der Waals surface area contributed by atoms with Crippen LogP contribution in [0.5, 0.6) is 0 Å². The van der Waals surface area contributed by atoms with Crippen molar-refractivity contribution in [2.45, 2.75) is 160 Å². The fourth-order valence-electron chi connectivity index (χ4n) is 14.8. The van der Waals surface area contributed by atoms with E-state index in [9.17, 15) is 14.4 Å². The molecule has 1 unspecified atom stereocenters. The van der Waals surface area contributed by atoms with Crippen LogP contribution in [0.25, 0.3) is 22.2 Å². The molecule has 8 fully saturated rings. The maximum atomic E-state index is 15.2. The molecule has 9 heterocycles. The zero-order chi connectivity index (χ0) is 60.7. The minimum atomic E-state index is -4.58. The van der Waals surface area contributed by atoms with Crippen molar-refractivity contribution in [3.8, 4) is 11.3 Å². The standard InChI is InChI=1S/C63H89F3N12O8/c1-38(2)52-46(27-43(30-67-52)72-20-18-71(19-21-72)41-13-14-41)55-47-29-61(5,6)37-85-60(83)48-10-9-17-78(69-48)58(81)49(28-44-31-73(22-24-84-44)42-15-16-50(45(47)26-42)77(55)36-63(64,65)66)68-57(80)53(39(3)4)74-23-25-86-62(33-74)34-75(35-62)59(82)56-54(40-11-12-40)76(56)32-51(79)70(7)8/h15-16,26-27,30,38-41,44,48-49,53-54,56,69H,9-14,17-25,28-29,31-37H2,1-8H3,(H,68,80)/t44-,48-,49-,53-,54+,56+,76?/m0/s1. The number of hydrogen-bond acceptors (Lipinski definition) is 15. The number of ether oxygens (including phenoxy) is 3. The van der Waals surface area contributed by atoms with E-state index >= 15 is 22.8 Å². The number of cyclic esters (lactones) is 1. The summed E-state index contributed by atoms with van der Waals surface area (Å²) in [7, 11) is 3.45. The third-order valence-corrected chi connectivity index (χ3v) is 19.5. The van der Waals surface area contributed by atoms with Crippen LogP contribution in [-0.2, 0) is 51.1 Å². The van der Waals surface area contributed by atoms with E-state index in [1.54, 1.807) is 25.1 Å². The van der Waals surface area contributed by atoms with Gasteiger partial charge in [-0.05, 0) is 92.5 Å². The first-order valence-corrected chi connectivity index (χ1v) is 31.7. The largest absolute Gasteiger partial charge is 0.464 e. The number of carbonyl (C=O) groups excluding carboxylic acids is 5. The maximum Gasteiger partial charge on any atom is 0.406 e. The van der Waals surface area contributed by atoms with Gasteiger partial charge in [0.1, 0.15) is 30.3 Å². The van der Waals surface area contributed by atoms with Gasteiger partial charge in [0.2, 0.25) is 17.7 Å². The minimum Gasteiger partial charge on any atom is -0.464 e. The normalized spacial score (nSPS) is 27.9. The van der Waals surface area contributed by atoms with Gasteiger partial charge in [0.15, 0.2) is 0 Å². The molecule has 9 aliphatic rings. The number of carbonyl (C=O) groups is 5. The molecule has 2 saturated carbocycles. The molecule has 12 rings (SSSR count). The van der Waals surface area contributed by atoms with Gasteiger partial charge < -0.3 is 43.7 Å². The molecule has 0 radical (unpaired) electrons. The molecule has 1 spiro atoms. The highest BCUT2D eigenvalue weighted by Crippen LogP contribution is 2.49. The van der Waals surface area contributed by atoms with E-state index in [4.69, 9.17) is 19.2 Å². The molecule has 23 heteroatoms. The summed E-state index contributed by atoms with van der Waals surface area (Å²) in [6.07, 6.45) is 2.52. The molecule has 1 aromatic carbocycles. The smallest absolute Gasteiger partial charge is 0.406 e. The van der Waals surface area contributed by atoms with E-state index in [-0.39, 0.29) is 80.8 Å². The number of nitrogens with zero attached hydrogens (tertiary/aromatic N) is 10. The number of fused-ring (bicyclic) bond motifs is 6. The molecule has 7 atom stereocenters. The number of alkyl halides is 3. The van der Waals surface area contributed by atoms with Crippen LogP contribution in [-0.4, -0.2) is 235 Å². The van der Waals surface area contributed by atoms with E-state index in [0.29, 0.717) is 104 Å². The van der Waals surface area contributed by atoms with Crippen molar-refractivity contribution in [2.24, 2.45) is 17.3 Å². The Morgan fingerprint density at radius 1 is 0.895 bits per heavy atom. The predicted molar refractivity (Wildman–Crippen MR) is 318 cm³/mol. The van der Waals surface area contributed by atoms with Crippen molar-refractivity contribution in [3.63, 3.8) is 0 Å². The van der Waals surface area contributed by atoms with Crippen LogP contribution in [0.1, 0.15) is 104 Å². The molecule has 7 aliphatic heterocycles. The fraction of sp³-hybridized carbons (Fsp3) is 0.714. The van der Waals surface area contributed by atoms with E-state index in [1.807, 2.05) is 75.7 Å². The number of pyridine rings is 1. The second-order valence-corrected chi connectivity index (χ2v) is 27.9. The number of esters is 1. The Hall–Kier alpha value is -5.59. The highest BCUT2D eigenvalue weighted by atomic mass is 19.4. The summed E-state index contributed by atoms with van der Waals surface area (Å²) in [6.45, 7) is 17.6. The Bertz CT molecular complexity index is 3060. The number of halogens is 3. The number of morpholine rings is 2. The van der Waals surface area contributed by atoms with Crippen molar-refractivity contribution in [3.05, 3.63) is 41.7 Å². The van der Waals surface area contributed by atoms with Crippen molar-refractivity contribution in [1.29, 1.82) is 0 Å². The number of benzene rings is 1. The lowest BCUT2D eigenvalue weighted by atomic mass is 9.84. The van der Waals surface area contributed by atoms with Crippen LogP contribution in [0, 0.1) is 17.3 Å². The lowest BCUT2D eigenvalue weighted by Gasteiger charge is -2.55. The molecule has 6 bridgehead atoms. The molecule has 4 amide bonds. The van der Waals surface area contributed by atoms with Crippen LogP contribution in [0.3, 0.4) is 0 Å².